The van der Waals surface area contributed by atoms with Crippen LogP contribution in [0.4, 0.5) is 0 Å². The first-order valence-corrected chi connectivity index (χ1v) is 7.71. The summed E-state index contributed by atoms with van der Waals surface area (Å²) in [4.78, 5) is 26.3. The van der Waals surface area contributed by atoms with Crippen LogP contribution in [-0.2, 0) is 14.3 Å². The number of carbonyl (C=O) groups is 2. The Hall–Kier alpha value is -1.10. The molecule has 114 valence electrons. The largest absolute Gasteiger partial charge is 0.378 e. The predicted octanol–water partition coefficient (Wildman–Crippen LogP) is 1.46. The molecule has 0 saturated carbocycles. The Labute approximate surface area is 121 Å². The van der Waals surface area contributed by atoms with Gasteiger partial charge in [0.1, 0.15) is 11.6 Å². The average molecular weight is 282 g/mol. The Bertz CT molecular complexity index is 375. The lowest BCUT2D eigenvalue weighted by molar-refractivity contribution is -0.155. The van der Waals surface area contributed by atoms with Gasteiger partial charge in [-0.3, -0.25) is 9.59 Å². The molecule has 0 aliphatic carbocycles. The fourth-order valence-corrected chi connectivity index (χ4v) is 3.00. The second-order valence-electron chi connectivity index (χ2n) is 6.26. The lowest BCUT2D eigenvalue weighted by atomic mass is 9.94. The molecule has 2 atom stereocenters. The molecule has 0 radical (unpaired) electrons. The Morgan fingerprint density at radius 2 is 2.15 bits per heavy atom. The summed E-state index contributed by atoms with van der Waals surface area (Å²) in [6.45, 7) is 7.05. The van der Waals surface area contributed by atoms with E-state index in [1.165, 1.54) is 0 Å². The second-order valence-corrected chi connectivity index (χ2v) is 6.26. The van der Waals surface area contributed by atoms with Gasteiger partial charge in [-0.1, -0.05) is 6.92 Å². The highest BCUT2D eigenvalue weighted by atomic mass is 16.5. The van der Waals surface area contributed by atoms with Gasteiger partial charge < -0.3 is 15.0 Å². The minimum absolute atomic E-state index is 0.0458. The van der Waals surface area contributed by atoms with Crippen molar-refractivity contribution >= 4 is 11.8 Å². The molecule has 2 amide bonds. The van der Waals surface area contributed by atoms with Gasteiger partial charge in [0.2, 0.25) is 11.8 Å². The maximum atomic E-state index is 12.4. The molecule has 5 nitrogen and oxygen atoms in total. The summed E-state index contributed by atoms with van der Waals surface area (Å²) in [6, 6.07) is -0.363. The smallest absolute Gasteiger partial charge is 0.246 e. The van der Waals surface area contributed by atoms with Crippen molar-refractivity contribution < 1.29 is 14.3 Å². The van der Waals surface area contributed by atoms with Crippen LogP contribution in [0.5, 0.6) is 0 Å². The van der Waals surface area contributed by atoms with E-state index >= 15 is 0 Å². The fourth-order valence-electron chi connectivity index (χ4n) is 3.00. The van der Waals surface area contributed by atoms with E-state index in [1.807, 2.05) is 20.8 Å². The number of hydrogen-bond donors (Lipinski definition) is 1. The number of nitrogens with zero attached hydrogens (tertiary/aromatic N) is 1. The third kappa shape index (κ3) is 2.97. The van der Waals surface area contributed by atoms with Crippen LogP contribution in [0.1, 0.15) is 52.9 Å². The molecule has 2 rings (SSSR count). The number of hydrogen-bond acceptors (Lipinski definition) is 3. The molecular formula is C15H26N2O3. The van der Waals surface area contributed by atoms with Crippen molar-refractivity contribution in [3.8, 4) is 0 Å². The van der Waals surface area contributed by atoms with E-state index in [1.54, 1.807) is 4.90 Å². The van der Waals surface area contributed by atoms with Crippen molar-refractivity contribution in [1.82, 2.24) is 10.2 Å². The van der Waals surface area contributed by atoms with Crippen LogP contribution < -0.4 is 5.32 Å². The van der Waals surface area contributed by atoms with Gasteiger partial charge in [0, 0.05) is 13.2 Å². The highest BCUT2D eigenvalue weighted by Crippen LogP contribution is 2.24. The summed E-state index contributed by atoms with van der Waals surface area (Å²) in [6.07, 6.45) is 5.10. The minimum atomic E-state index is -0.751. The molecule has 2 fully saturated rings. The van der Waals surface area contributed by atoms with Gasteiger partial charge in [0.25, 0.3) is 0 Å². The summed E-state index contributed by atoms with van der Waals surface area (Å²) in [7, 11) is 0. The Balaban J connectivity index is 1.94. The normalized spacial score (nSPS) is 29.6. The molecule has 0 spiro atoms. The highest BCUT2D eigenvalue weighted by molar-refractivity contribution is 5.99. The minimum Gasteiger partial charge on any atom is -0.378 e. The van der Waals surface area contributed by atoms with Crippen LogP contribution in [0.3, 0.4) is 0 Å². The zero-order valence-electron chi connectivity index (χ0n) is 12.8. The summed E-state index contributed by atoms with van der Waals surface area (Å²) < 4.78 is 5.60. The molecule has 0 aromatic rings. The third-order valence-electron chi connectivity index (χ3n) is 4.44. The van der Waals surface area contributed by atoms with Crippen molar-refractivity contribution in [3.63, 3.8) is 0 Å². The van der Waals surface area contributed by atoms with E-state index in [0.717, 1.165) is 32.3 Å². The van der Waals surface area contributed by atoms with Gasteiger partial charge in [-0.05, 0) is 46.0 Å². The molecule has 2 aliphatic rings. The van der Waals surface area contributed by atoms with E-state index in [-0.39, 0.29) is 17.9 Å². The number of nitrogens with one attached hydrogen (secondary N) is 1. The van der Waals surface area contributed by atoms with Gasteiger partial charge in [-0.25, -0.2) is 0 Å². The molecule has 2 saturated heterocycles. The van der Waals surface area contributed by atoms with Crippen LogP contribution in [0, 0.1) is 0 Å². The lowest BCUT2D eigenvalue weighted by Gasteiger charge is -2.44. The topological polar surface area (TPSA) is 58.6 Å². The predicted molar refractivity (Wildman–Crippen MR) is 76.2 cm³/mol. The fraction of sp³-hybridized carbons (Fsp3) is 0.867. The van der Waals surface area contributed by atoms with Gasteiger partial charge in [-0.15, -0.1) is 0 Å². The number of rotatable bonds is 5. The van der Waals surface area contributed by atoms with E-state index in [4.69, 9.17) is 4.74 Å². The summed E-state index contributed by atoms with van der Waals surface area (Å²) in [5.41, 5.74) is -0.751. The Morgan fingerprint density at radius 1 is 1.40 bits per heavy atom. The molecule has 2 heterocycles. The molecule has 0 aromatic heterocycles. The quantitative estimate of drug-likeness (QED) is 0.830. The van der Waals surface area contributed by atoms with Crippen molar-refractivity contribution in [2.24, 2.45) is 0 Å². The first-order chi connectivity index (χ1) is 9.46. The van der Waals surface area contributed by atoms with E-state index < -0.39 is 5.54 Å². The van der Waals surface area contributed by atoms with E-state index in [0.29, 0.717) is 19.1 Å². The molecule has 0 aromatic carbocycles. The number of amides is 2. The van der Waals surface area contributed by atoms with E-state index in [9.17, 15) is 9.59 Å². The SMILES string of the molecule is CCC1NC(=O)C(C)(C)N(CCCC2CCCO2)C1=O. The molecule has 0 bridgehead atoms. The molecule has 1 N–H and O–H groups in total. The lowest BCUT2D eigenvalue weighted by Crippen LogP contribution is -2.68. The van der Waals surface area contributed by atoms with Crippen molar-refractivity contribution in [1.29, 1.82) is 0 Å². The second kappa shape index (κ2) is 6.12. The summed E-state index contributed by atoms with van der Waals surface area (Å²) >= 11 is 0. The first-order valence-electron chi connectivity index (χ1n) is 7.71. The van der Waals surface area contributed by atoms with Crippen molar-refractivity contribution in [2.75, 3.05) is 13.2 Å². The number of ether oxygens (including phenoxy) is 1. The zero-order valence-corrected chi connectivity index (χ0v) is 12.8. The Morgan fingerprint density at radius 3 is 2.75 bits per heavy atom. The first kappa shape index (κ1) is 15.3. The van der Waals surface area contributed by atoms with E-state index in [2.05, 4.69) is 5.32 Å². The van der Waals surface area contributed by atoms with Crippen LogP contribution in [0.25, 0.3) is 0 Å². The maximum Gasteiger partial charge on any atom is 0.246 e. The molecule has 2 unspecified atom stereocenters. The molecule has 2 aliphatic heterocycles. The van der Waals surface area contributed by atoms with Crippen molar-refractivity contribution in [2.45, 2.75) is 70.6 Å². The maximum absolute atomic E-state index is 12.4. The molecule has 5 heteroatoms. The van der Waals surface area contributed by atoms with Gasteiger partial charge in [0.15, 0.2) is 0 Å². The Kier molecular flexibility index (Phi) is 4.68. The van der Waals surface area contributed by atoms with Crippen LogP contribution in [-0.4, -0.2) is 47.6 Å². The number of piperazine rings is 1. The molecule has 20 heavy (non-hydrogen) atoms. The van der Waals surface area contributed by atoms with Crippen LogP contribution in [0.15, 0.2) is 0 Å². The van der Waals surface area contributed by atoms with Gasteiger partial charge in [0.05, 0.1) is 6.10 Å². The summed E-state index contributed by atoms with van der Waals surface area (Å²) in [5.74, 6) is -0.00879. The summed E-state index contributed by atoms with van der Waals surface area (Å²) in [5, 5.41) is 2.81. The number of carbonyl (C=O) groups excluding carboxylic acids is 2. The monoisotopic (exact) mass is 282 g/mol. The average Bonchev–Trinajstić information content (AvgIpc) is 2.91. The van der Waals surface area contributed by atoms with Crippen LogP contribution >= 0.6 is 0 Å². The zero-order chi connectivity index (χ0) is 14.8. The van der Waals surface area contributed by atoms with Crippen molar-refractivity contribution in [3.05, 3.63) is 0 Å². The van der Waals surface area contributed by atoms with Crippen LogP contribution in [0.2, 0.25) is 0 Å². The standard InChI is InChI=1S/C15H26N2O3/c1-4-12-13(18)17(15(2,3)14(19)16-12)9-5-7-11-8-6-10-20-11/h11-12H,4-10H2,1-3H3,(H,16,19). The highest BCUT2D eigenvalue weighted by Gasteiger charge is 2.45. The van der Waals surface area contributed by atoms with Gasteiger partial charge >= 0.3 is 0 Å². The molecular weight excluding hydrogens is 256 g/mol. The third-order valence-corrected chi connectivity index (χ3v) is 4.44. The van der Waals surface area contributed by atoms with Gasteiger partial charge in [-0.2, -0.15) is 0 Å².